The average molecular weight is 282 g/mol. The molecule has 4 heteroatoms. The van der Waals surface area contributed by atoms with Crippen molar-refractivity contribution in [3.63, 3.8) is 0 Å². The molecule has 1 aliphatic heterocycles. The number of piperazine rings is 1. The van der Waals surface area contributed by atoms with Crippen molar-refractivity contribution in [1.29, 1.82) is 0 Å². The molecule has 0 spiro atoms. The van der Waals surface area contributed by atoms with Crippen LogP contribution < -0.4 is 10.6 Å². The molecule has 1 aromatic carbocycles. The number of anilines is 1. The van der Waals surface area contributed by atoms with Gasteiger partial charge >= 0.3 is 0 Å². The average Bonchev–Trinajstić information content (AvgIpc) is 2.39. The van der Waals surface area contributed by atoms with Crippen LogP contribution in [0.4, 0.5) is 5.69 Å². The molecule has 3 nitrogen and oxygen atoms in total. The molecule has 0 atom stereocenters. The summed E-state index contributed by atoms with van der Waals surface area (Å²) < 4.78 is 0. The molecular weight excluding hydrogens is 258 g/mol. The van der Waals surface area contributed by atoms with Crippen molar-refractivity contribution in [1.82, 2.24) is 4.90 Å². The van der Waals surface area contributed by atoms with Crippen LogP contribution in [-0.2, 0) is 6.54 Å². The number of rotatable bonds is 4. The highest BCUT2D eigenvalue weighted by molar-refractivity contribution is 6.33. The topological polar surface area (TPSA) is 32.5 Å². The van der Waals surface area contributed by atoms with Gasteiger partial charge in [-0.2, -0.15) is 0 Å². The van der Waals surface area contributed by atoms with Crippen LogP contribution >= 0.6 is 11.6 Å². The van der Waals surface area contributed by atoms with Crippen molar-refractivity contribution in [3.05, 3.63) is 28.8 Å². The Bertz CT molecular complexity index is 412. The number of nitrogens with two attached hydrogens (primary N) is 1. The second kappa shape index (κ2) is 6.60. The lowest BCUT2D eigenvalue weighted by atomic mass is 10.1. The maximum atomic E-state index is 6.35. The maximum absolute atomic E-state index is 6.35. The summed E-state index contributed by atoms with van der Waals surface area (Å²) in [5, 5.41) is 0.820. The number of nitrogens with zero attached hydrogens (tertiary/aromatic N) is 2. The molecule has 1 aromatic rings. The highest BCUT2D eigenvalue weighted by Gasteiger charge is 2.19. The van der Waals surface area contributed by atoms with Crippen LogP contribution in [0.2, 0.25) is 5.02 Å². The molecule has 1 heterocycles. The van der Waals surface area contributed by atoms with Gasteiger partial charge in [-0.3, -0.25) is 4.90 Å². The van der Waals surface area contributed by atoms with Crippen molar-refractivity contribution >= 4 is 17.3 Å². The number of hydrogen-bond donors (Lipinski definition) is 1. The van der Waals surface area contributed by atoms with Crippen LogP contribution in [0, 0.1) is 5.92 Å². The zero-order chi connectivity index (χ0) is 13.8. The zero-order valence-electron chi connectivity index (χ0n) is 11.9. The molecule has 1 aliphatic rings. The minimum atomic E-state index is 0.544. The van der Waals surface area contributed by atoms with E-state index in [0.29, 0.717) is 6.54 Å². The summed E-state index contributed by atoms with van der Waals surface area (Å²) in [5.41, 5.74) is 7.86. The summed E-state index contributed by atoms with van der Waals surface area (Å²) in [6.07, 6.45) is 0. The number of benzene rings is 1. The van der Waals surface area contributed by atoms with Crippen LogP contribution in [0.3, 0.4) is 0 Å². The van der Waals surface area contributed by atoms with E-state index < -0.39 is 0 Å². The normalized spacial score (nSPS) is 17.2. The van der Waals surface area contributed by atoms with Crippen molar-refractivity contribution in [2.45, 2.75) is 20.4 Å². The third-order valence-electron chi connectivity index (χ3n) is 3.58. The summed E-state index contributed by atoms with van der Waals surface area (Å²) in [6.45, 7) is 10.6. The first-order valence-corrected chi connectivity index (χ1v) is 7.43. The maximum Gasteiger partial charge on any atom is 0.0642 e. The second-order valence-corrected chi connectivity index (χ2v) is 6.08. The van der Waals surface area contributed by atoms with E-state index >= 15 is 0 Å². The standard InChI is InChI=1S/C15H24ClN3/c1-12(2)11-18-5-7-19(8-6-18)15-4-3-13(10-17)9-14(15)16/h3-4,9,12H,5-8,10-11,17H2,1-2H3. The minimum absolute atomic E-state index is 0.544. The molecule has 0 unspecified atom stereocenters. The summed E-state index contributed by atoms with van der Waals surface area (Å²) in [5.74, 6) is 0.735. The third kappa shape index (κ3) is 3.85. The Morgan fingerprint density at radius 1 is 1.21 bits per heavy atom. The molecule has 1 fully saturated rings. The summed E-state index contributed by atoms with van der Waals surface area (Å²) in [4.78, 5) is 4.91. The monoisotopic (exact) mass is 281 g/mol. The Kier molecular flexibility index (Phi) is 5.08. The summed E-state index contributed by atoms with van der Waals surface area (Å²) in [6, 6.07) is 6.15. The first-order valence-electron chi connectivity index (χ1n) is 7.06. The summed E-state index contributed by atoms with van der Waals surface area (Å²) >= 11 is 6.35. The Labute approximate surface area is 121 Å². The van der Waals surface area contributed by atoms with Crippen LogP contribution in [0.1, 0.15) is 19.4 Å². The van der Waals surface area contributed by atoms with Gasteiger partial charge in [0, 0.05) is 39.3 Å². The van der Waals surface area contributed by atoms with Crippen LogP contribution in [-0.4, -0.2) is 37.6 Å². The molecule has 1 saturated heterocycles. The zero-order valence-corrected chi connectivity index (χ0v) is 12.7. The Balaban J connectivity index is 1.97. The molecule has 2 rings (SSSR count). The Hall–Kier alpha value is -0.770. The largest absolute Gasteiger partial charge is 0.368 e. The van der Waals surface area contributed by atoms with Crippen molar-refractivity contribution in [3.8, 4) is 0 Å². The Morgan fingerprint density at radius 2 is 1.89 bits per heavy atom. The van der Waals surface area contributed by atoms with E-state index in [4.69, 9.17) is 17.3 Å². The van der Waals surface area contributed by atoms with Crippen molar-refractivity contribution in [2.24, 2.45) is 11.7 Å². The van der Waals surface area contributed by atoms with Crippen molar-refractivity contribution < 1.29 is 0 Å². The van der Waals surface area contributed by atoms with Gasteiger partial charge in [0.05, 0.1) is 10.7 Å². The summed E-state index contributed by atoms with van der Waals surface area (Å²) in [7, 11) is 0. The predicted molar refractivity (Wildman–Crippen MR) is 82.8 cm³/mol. The van der Waals surface area contributed by atoms with E-state index in [1.54, 1.807) is 0 Å². The lowest BCUT2D eigenvalue weighted by molar-refractivity contribution is 0.231. The SMILES string of the molecule is CC(C)CN1CCN(c2ccc(CN)cc2Cl)CC1. The van der Waals surface area contributed by atoms with E-state index in [2.05, 4.69) is 35.8 Å². The third-order valence-corrected chi connectivity index (χ3v) is 3.89. The molecule has 0 aromatic heterocycles. The van der Waals surface area contributed by atoms with Gasteiger partial charge < -0.3 is 10.6 Å². The molecule has 0 saturated carbocycles. The fourth-order valence-corrected chi connectivity index (χ4v) is 2.94. The molecule has 0 amide bonds. The van der Waals surface area contributed by atoms with Crippen LogP contribution in [0.15, 0.2) is 18.2 Å². The van der Waals surface area contributed by atoms with Gasteiger partial charge in [-0.15, -0.1) is 0 Å². The predicted octanol–water partition coefficient (Wildman–Crippen LogP) is 2.58. The fraction of sp³-hybridized carbons (Fsp3) is 0.600. The van der Waals surface area contributed by atoms with Gasteiger partial charge in [-0.05, 0) is 23.6 Å². The van der Waals surface area contributed by atoms with E-state index in [-0.39, 0.29) is 0 Å². The molecule has 106 valence electrons. The van der Waals surface area contributed by atoms with Gasteiger partial charge in [0.25, 0.3) is 0 Å². The van der Waals surface area contributed by atoms with Gasteiger partial charge in [-0.1, -0.05) is 31.5 Å². The number of halogens is 1. The Morgan fingerprint density at radius 3 is 2.42 bits per heavy atom. The van der Waals surface area contributed by atoms with E-state index in [1.165, 1.54) is 6.54 Å². The first-order chi connectivity index (χ1) is 9.10. The van der Waals surface area contributed by atoms with Gasteiger partial charge in [0.15, 0.2) is 0 Å². The molecule has 0 aliphatic carbocycles. The second-order valence-electron chi connectivity index (χ2n) is 5.67. The van der Waals surface area contributed by atoms with Crippen LogP contribution in [0.5, 0.6) is 0 Å². The van der Waals surface area contributed by atoms with Gasteiger partial charge in [0.1, 0.15) is 0 Å². The quantitative estimate of drug-likeness (QED) is 0.921. The number of hydrogen-bond acceptors (Lipinski definition) is 3. The van der Waals surface area contributed by atoms with E-state index in [1.807, 2.05) is 6.07 Å². The highest BCUT2D eigenvalue weighted by atomic mass is 35.5. The molecule has 0 bridgehead atoms. The fourth-order valence-electron chi connectivity index (χ4n) is 2.62. The van der Waals surface area contributed by atoms with Gasteiger partial charge in [-0.25, -0.2) is 0 Å². The minimum Gasteiger partial charge on any atom is -0.368 e. The first kappa shape index (κ1) is 14.6. The van der Waals surface area contributed by atoms with Gasteiger partial charge in [0.2, 0.25) is 0 Å². The highest BCUT2D eigenvalue weighted by Crippen LogP contribution is 2.27. The molecular formula is C15H24ClN3. The smallest absolute Gasteiger partial charge is 0.0642 e. The lowest BCUT2D eigenvalue weighted by Crippen LogP contribution is -2.47. The van der Waals surface area contributed by atoms with Crippen molar-refractivity contribution in [2.75, 3.05) is 37.6 Å². The van der Waals surface area contributed by atoms with Crippen LogP contribution in [0.25, 0.3) is 0 Å². The molecule has 0 radical (unpaired) electrons. The molecule has 2 N–H and O–H groups in total. The van der Waals surface area contributed by atoms with E-state index in [9.17, 15) is 0 Å². The molecule has 19 heavy (non-hydrogen) atoms. The van der Waals surface area contributed by atoms with E-state index in [0.717, 1.165) is 48.4 Å². The lowest BCUT2D eigenvalue weighted by Gasteiger charge is -2.37.